The van der Waals surface area contributed by atoms with Gasteiger partial charge >= 0.3 is 5.97 Å². The molecule has 0 aliphatic carbocycles. The van der Waals surface area contributed by atoms with Gasteiger partial charge in [-0.1, -0.05) is 13.0 Å². The van der Waals surface area contributed by atoms with Crippen molar-refractivity contribution in [3.8, 4) is 0 Å². The Balaban J connectivity index is 2.12. The van der Waals surface area contributed by atoms with Gasteiger partial charge in [-0.15, -0.1) is 0 Å². The minimum absolute atomic E-state index is 0.189. The van der Waals surface area contributed by atoms with E-state index in [1.54, 1.807) is 0 Å². The standard InChI is InChI=1S/C14H17F2NO3/c1-2-17(13-8-20-7-10(13)14(18)19)6-9-3-4-11(15)12(16)5-9/h3-5,10,13H,2,6-8H2,1H3,(H,18,19). The number of halogens is 2. The zero-order chi connectivity index (χ0) is 14.7. The number of ether oxygens (including phenoxy) is 1. The third-order valence-corrected chi connectivity index (χ3v) is 3.61. The highest BCUT2D eigenvalue weighted by Gasteiger charge is 2.37. The monoisotopic (exact) mass is 285 g/mol. The van der Waals surface area contributed by atoms with Crippen molar-refractivity contribution in [1.82, 2.24) is 4.90 Å². The number of rotatable bonds is 5. The van der Waals surface area contributed by atoms with Crippen LogP contribution in [0.25, 0.3) is 0 Å². The van der Waals surface area contributed by atoms with Gasteiger partial charge < -0.3 is 9.84 Å². The number of aliphatic carboxylic acids is 1. The van der Waals surface area contributed by atoms with Crippen molar-refractivity contribution in [1.29, 1.82) is 0 Å². The molecule has 1 heterocycles. The number of nitrogens with zero attached hydrogens (tertiary/aromatic N) is 1. The van der Waals surface area contributed by atoms with Gasteiger partial charge in [-0.2, -0.15) is 0 Å². The van der Waals surface area contributed by atoms with Crippen LogP contribution in [0.2, 0.25) is 0 Å². The molecule has 0 saturated carbocycles. The summed E-state index contributed by atoms with van der Waals surface area (Å²) in [4.78, 5) is 13.1. The van der Waals surface area contributed by atoms with Crippen LogP contribution in [-0.2, 0) is 16.1 Å². The number of carbonyl (C=O) groups is 1. The molecule has 0 radical (unpaired) electrons. The Kier molecular flexibility index (Phi) is 4.67. The fourth-order valence-corrected chi connectivity index (χ4v) is 2.47. The topological polar surface area (TPSA) is 49.8 Å². The molecule has 0 amide bonds. The lowest BCUT2D eigenvalue weighted by atomic mass is 10.0. The van der Waals surface area contributed by atoms with Crippen molar-refractivity contribution in [2.45, 2.75) is 19.5 Å². The Morgan fingerprint density at radius 2 is 2.15 bits per heavy atom. The Morgan fingerprint density at radius 3 is 2.75 bits per heavy atom. The van der Waals surface area contributed by atoms with Crippen molar-refractivity contribution in [3.05, 3.63) is 35.4 Å². The van der Waals surface area contributed by atoms with Crippen LogP contribution in [-0.4, -0.2) is 41.8 Å². The van der Waals surface area contributed by atoms with Crippen LogP contribution >= 0.6 is 0 Å². The molecule has 20 heavy (non-hydrogen) atoms. The SMILES string of the molecule is CCN(Cc1ccc(F)c(F)c1)C1COCC1C(=O)O. The highest BCUT2D eigenvalue weighted by Crippen LogP contribution is 2.22. The second-order valence-electron chi connectivity index (χ2n) is 4.86. The summed E-state index contributed by atoms with van der Waals surface area (Å²) in [6.07, 6.45) is 0. The summed E-state index contributed by atoms with van der Waals surface area (Å²) in [6.45, 7) is 3.40. The van der Waals surface area contributed by atoms with Crippen molar-refractivity contribution in [2.24, 2.45) is 5.92 Å². The van der Waals surface area contributed by atoms with Crippen molar-refractivity contribution < 1.29 is 23.4 Å². The minimum Gasteiger partial charge on any atom is -0.481 e. The predicted octanol–water partition coefficient (Wildman–Crippen LogP) is 1.89. The second-order valence-corrected chi connectivity index (χ2v) is 4.86. The molecular formula is C14H17F2NO3. The summed E-state index contributed by atoms with van der Waals surface area (Å²) in [5, 5.41) is 9.16. The highest BCUT2D eigenvalue weighted by molar-refractivity contribution is 5.71. The van der Waals surface area contributed by atoms with Crippen molar-refractivity contribution >= 4 is 5.97 Å². The number of carboxylic acids is 1. The lowest BCUT2D eigenvalue weighted by Crippen LogP contribution is -2.42. The molecule has 1 aromatic rings. The van der Waals surface area contributed by atoms with Crippen LogP contribution < -0.4 is 0 Å². The molecule has 1 saturated heterocycles. The molecule has 0 spiro atoms. The summed E-state index contributed by atoms with van der Waals surface area (Å²) >= 11 is 0. The maximum absolute atomic E-state index is 13.2. The molecule has 0 aromatic heterocycles. The zero-order valence-corrected chi connectivity index (χ0v) is 11.2. The Hall–Kier alpha value is -1.53. The van der Waals surface area contributed by atoms with Crippen LogP contribution in [0.5, 0.6) is 0 Å². The van der Waals surface area contributed by atoms with E-state index in [0.29, 0.717) is 25.3 Å². The van der Waals surface area contributed by atoms with Gasteiger partial charge in [0, 0.05) is 12.6 Å². The van der Waals surface area contributed by atoms with Gasteiger partial charge in [0.05, 0.1) is 19.1 Å². The summed E-state index contributed by atoms with van der Waals surface area (Å²) in [6, 6.07) is 3.49. The largest absolute Gasteiger partial charge is 0.481 e. The number of hydrogen-bond donors (Lipinski definition) is 1. The first-order valence-corrected chi connectivity index (χ1v) is 6.51. The average Bonchev–Trinajstić information content (AvgIpc) is 2.89. The van der Waals surface area contributed by atoms with Gasteiger partial charge in [-0.05, 0) is 24.2 Å². The lowest BCUT2D eigenvalue weighted by molar-refractivity contribution is -0.143. The van der Waals surface area contributed by atoms with E-state index in [0.717, 1.165) is 12.1 Å². The average molecular weight is 285 g/mol. The van der Waals surface area contributed by atoms with Gasteiger partial charge in [0.2, 0.25) is 0 Å². The van der Waals surface area contributed by atoms with E-state index in [4.69, 9.17) is 9.84 Å². The summed E-state index contributed by atoms with van der Waals surface area (Å²) < 4.78 is 31.3. The highest BCUT2D eigenvalue weighted by atomic mass is 19.2. The smallest absolute Gasteiger partial charge is 0.310 e. The Morgan fingerprint density at radius 1 is 1.40 bits per heavy atom. The van der Waals surface area contributed by atoms with Crippen LogP contribution in [0.15, 0.2) is 18.2 Å². The summed E-state index contributed by atoms with van der Waals surface area (Å²) in [7, 11) is 0. The molecular weight excluding hydrogens is 268 g/mol. The van der Waals surface area contributed by atoms with E-state index in [-0.39, 0.29) is 12.6 Å². The molecule has 1 aliphatic heterocycles. The third-order valence-electron chi connectivity index (χ3n) is 3.61. The first kappa shape index (κ1) is 14.9. The molecule has 0 bridgehead atoms. The van der Waals surface area contributed by atoms with Gasteiger partial charge in [0.25, 0.3) is 0 Å². The molecule has 1 aliphatic rings. The van der Waals surface area contributed by atoms with Gasteiger partial charge in [-0.25, -0.2) is 8.78 Å². The second kappa shape index (κ2) is 6.28. The van der Waals surface area contributed by atoms with Gasteiger partial charge in [0.1, 0.15) is 0 Å². The molecule has 2 atom stereocenters. The maximum Gasteiger partial charge on any atom is 0.310 e. The van der Waals surface area contributed by atoms with Gasteiger partial charge in [-0.3, -0.25) is 9.69 Å². The Labute approximate surface area is 116 Å². The van der Waals surface area contributed by atoms with E-state index in [1.165, 1.54) is 6.07 Å². The normalized spacial score (nSPS) is 22.4. The van der Waals surface area contributed by atoms with E-state index in [2.05, 4.69) is 0 Å². The van der Waals surface area contributed by atoms with E-state index < -0.39 is 23.5 Å². The predicted molar refractivity (Wildman–Crippen MR) is 68.2 cm³/mol. The molecule has 1 N–H and O–H groups in total. The zero-order valence-electron chi connectivity index (χ0n) is 11.2. The van der Waals surface area contributed by atoms with Crippen molar-refractivity contribution in [2.75, 3.05) is 19.8 Å². The van der Waals surface area contributed by atoms with Crippen LogP contribution in [0, 0.1) is 17.6 Å². The van der Waals surface area contributed by atoms with Crippen LogP contribution in [0.3, 0.4) is 0 Å². The fraction of sp³-hybridized carbons (Fsp3) is 0.500. The van der Waals surface area contributed by atoms with E-state index in [1.807, 2.05) is 11.8 Å². The van der Waals surface area contributed by atoms with Gasteiger partial charge in [0.15, 0.2) is 11.6 Å². The number of carboxylic acid groups (broad SMARTS) is 1. The maximum atomic E-state index is 13.2. The van der Waals surface area contributed by atoms with E-state index in [9.17, 15) is 13.6 Å². The summed E-state index contributed by atoms with van der Waals surface area (Å²) in [5.74, 6) is -3.25. The first-order chi connectivity index (χ1) is 9.52. The van der Waals surface area contributed by atoms with E-state index >= 15 is 0 Å². The molecule has 2 rings (SSSR count). The van der Waals surface area contributed by atoms with Crippen LogP contribution in [0.1, 0.15) is 12.5 Å². The number of benzene rings is 1. The third kappa shape index (κ3) is 3.13. The molecule has 2 unspecified atom stereocenters. The molecule has 6 heteroatoms. The summed E-state index contributed by atoms with van der Waals surface area (Å²) in [5.41, 5.74) is 0.613. The molecule has 1 aromatic carbocycles. The molecule has 1 fully saturated rings. The fourth-order valence-electron chi connectivity index (χ4n) is 2.47. The lowest BCUT2D eigenvalue weighted by Gasteiger charge is -2.29. The van der Waals surface area contributed by atoms with Crippen molar-refractivity contribution in [3.63, 3.8) is 0 Å². The van der Waals surface area contributed by atoms with Crippen LogP contribution in [0.4, 0.5) is 8.78 Å². The quantitative estimate of drug-likeness (QED) is 0.897. The molecule has 110 valence electrons. The first-order valence-electron chi connectivity index (χ1n) is 6.51. The Bertz CT molecular complexity index is 495. The number of hydrogen-bond acceptors (Lipinski definition) is 3. The molecule has 4 nitrogen and oxygen atoms in total. The number of likely N-dealkylation sites (N-methyl/N-ethyl adjacent to an activating group) is 1. The minimum atomic E-state index is -0.893.